The fourth-order valence-corrected chi connectivity index (χ4v) is 0.877. The molecule has 0 fully saturated rings. The van der Waals surface area contributed by atoms with Crippen LogP contribution in [0.25, 0.3) is 0 Å². The summed E-state index contributed by atoms with van der Waals surface area (Å²) in [6.45, 7) is -0.639. The maximum atomic E-state index is 11.7. The summed E-state index contributed by atoms with van der Waals surface area (Å²) in [5, 5.41) is 8.88. The number of alkyl halides is 1. The van der Waals surface area contributed by atoms with Crippen LogP contribution in [-0.2, 0) is 0 Å². The second-order valence-electron chi connectivity index (χ2n) is 2.41. The molecule has 1 rings (SSSR count). The van der Waals surface area contributed by atoms with Gasteiger partial charge in [0.2, 0.25) is 0 Å². The molecule has 0 spiro atoms. The first-order chi connectivity index (χ1) is 5.74. The molecule has 0 amide bonds. The van der Waals surface area contributed by atoms with Crippen LogP contribution in [0.5, 0.6) is 5.75 Å². The first-order valence-electron chi connectivity index (χ1n) is 3.62. The van der Waals surface area contributed by atoms with Crippen molar-refractivity contribution in [3.8, 4) is 5.75 Å². The van der Waals surface area contributed by atoms with Crippen molar-refractivity contribution in [3.63, 3.8) is 0 Å². The van der Waals surface area contributed by atoms with Crippen molar-refractivity contribution < 1.29 is 14.3 Å². The molecule has 0 unspecified atom stereocenters. The monoisotopic (exact) mass is 168 g/mol. The smallest absolute Gasteiger partial charge is 0.165 e. The Kier molecular flexibility index (Phi) is 2.80. The van der Waals surface area contributed by atoms with E-state index in [1.807, 2.05) is 0 Å². The number of benzene rings is 1. The normalized spacial score (nSPS) is 9.75. The largest absolute Gasteiger partial charge is 0.508 e. The van der Waals surface area contributed by atoms with Gasteiger partial charge < -0.3 is 5.11 Å². The molecule has 64 valence electrons. The number of Topliss-reactive ketones (excluding diaryl/α,β-unsaturated/α-hetero) is 1. The number of rotatable bonds is 3. The van der Waals surface area contributed by atoms with E-state index >= 15 is 0 Å². The van der Waals surface area contributed by atoms with Crippen LogP contribution in [0, 0.1) is 0 Å². The van der Waals surface area contributed by atoms with Gasteiger partial charge in [-0.05, 0) is 24.3 Å². The molecule has 0 aliphatic carbocycles. The Labute approximate surface area is 69.6 Å². The second kappa shape index (κ2) is 3.85. The number of hydrogen-bond acceptors (Lipinski definition) is 2. The van der Waals surface area contributed by atoms with Gasteiger partial charge in [0.15, 0.2) is 5.78 Å². The Morgan fingerprint density at radius 1 is 1.33 bits per heavy atom. The molecule has 2 nitrogen and oxygen atoms in total. The van der Waals surface area contributed by atoms with Crippen LogP contribution in [0.1, 0.15) is 16.8 Å². The summed E-state index contributed by atoms with van der Waals surface area (Å²) in [6, 6.07) is 5.78. The summed E-state index contributed by atoms with van der Waals surface area (Å²) < 4.78 is 11.7. The van der Waals surface area contributed by atoms with Gasteiger partial charge in [0, 0.05) is 12.0 Å². The Balaban J connectivity index is 2.75. The van der Waals surface area contributed by atoms with E-state index < -0.39 is 6.67 Å². The van der Waals surface area contributed by atoms with Crippen LogP contribution in [-0.4, -0.2) is 17.6 Å². The van der Waals surface area contributed by atoms with Crippen molar-refractivity contribution in [2.24, 2.45) is 0 Å². The van der Waals surface area contributed by atoms with Gasteiger partial charge in [0.25, 0.3) is 0 Å². The molecule has 0 radical (unpaired) electrons. The zero-order valence-electron chi connectivity index (χ0n) is 6.46. The molecule has 0 saturated heterocycles. The Morgan fingerprint density at radius 3 is 2.42 bits per heavy atom. The first-order valence-corrected chi connectivity index (χ1v) is 3.62. The Bertz CT molecular complexity index is 266. The molecule has 0 atom stereocenters. The van der Waals surface area contributed by atoms with Gasteiger partial charge in [-0.3, -0.25) is 9.18 Å². The van der Waals surface area contributed by atoms with E-state index in [1.165, 1.54) is 24.3 Å². The number of carbonyl (C=O) groups is 1. The fraction of sp³-hybridized carbons (Fsp3) is 0.222. The highest BCUT2D eigenvalue weighted by molar-refractivity contribution is 5.96. The predicted molar refractivity (Wildman–Crippen MR) is 43.0 cm³/mol. The van der Waals surface area contributed by atoms with Gasteiger partial charge in [0.05, 0.1) is 6.67 Å². The van der Waals surface area contributed by atoms with Crippen molar-refractivity contribution in [3.05, 3.63) is 29.8 Å². The molecule has 0 heterocycles. The minimum atomic E-state index is -0.639. The number of aromatic hydroxyl groups is 1. The fourth-order valence-electron chi connectivity index (χ4n) is 0.877. The lowest BCUT2D eigenvalue weighted by atomic mass is 10.1. The molecule has 0 bridgehead atoms. The Hall–Kier alpha value is -1.38. The molecule has 0 saturated carbocycles. The SMILES string of the molecule is O=C(CCF)c1ccc(O)cc1. The molecule has 3 heteroatoms. The van der Waals surface area contributed by atoms with Crippen LogP contribution in [0.4, 0.5) is 4.39 Å². The van der Waals surface area contributed by atoms with Crippen molar-refractivity contribution in [1.82, 2.24) is 0 Å². The van der Waals surface area contributed by atoms with E-state index in [9.17, 15) is 9.18 Å². The third-order valence-corrected chi connectivity index (χ3v) is 1.51. The number of hydrogen-bond donors (Lipinski definition) is 1. The van der Waals surface area contributed by atoms with Gasteiger partial charge in [-0.2, -0.15) is 0 Å². The third kappa shape index (κ3) is 2.05. The number of phenols is 1. The van der Waals surface area contributed by atoms with Gasteiger partial charge in [-0.1, -0.05) is 0 Å². The van der Waals surface area contributed by atoms with Crippen LogP contribution in [0.15, 0.2) is 24.3 Å². The van der Waals surface area contributed by atoms with Crippen LogP contribution in [0.3, 0.4) is 0 Å². The van der Waals surface area contributed by atoms with E-state index in [0.717, 1.165) is 0 Å². The number of carbonyl (C=O) groups excluding carboxylic acids is 1. The van der Waals surface area contributed by atoms with Crippen LogP contribution in [0.2, 0.25) is 0 Å². The van der Waals surface area contributed by atoms with Gasteiger partial charge in [0.1, 0.15) is 5.75 Å². The molecule has 0 aliphatic rings. The topological polar surface area (TPSA) is 37.3 Å². The lowest BCUT2D eigenvalue weighted by Gasteiger charge is -1.97. The van der Waals surface area contributed by atoms with E-state index in [2.05, 4.69) is 0 Å². The molecule has 1 aromatic carbocycles. The molecule has 1 N–H and O–H groups in total. The first kappa shape index (κ1) is 8.71. The minimum Gasteiger partial charge on any atom is -0.508 e. The zero-order chi connectivity index (χ0) is 8.97. The average Bonchev–Trinajstić information content (AvgIpc) is 2.06. The van der Waals surface area contributed by atoms with Crippen molar-refractivity contribution in [1.29, 1.82) is 0 Å². The summed E-state index contributed by atoms with van der Waals surface area (Å²) in [7, 11) is 0. The Morgan fingerprint density at radius 2 is 1.92 bits per heavy atom. The quantitative estimate of drug-likeness (QED) is 0.700. The highest BCUT2D eigenvalue weighted by atomic mass is 19.1. The molecule has 1 aromatic rings. The zero-order valence-corrected chi connectivity index (χ0v) is 6.46. The van der Waals surface area contributed by atoms with Gasteiger partial charge in [-0.25, -0.2) is 0 Å². The second-order valence-corrected chi connectivity index (χ2v) is 2.41. The maximum absolute atomic E-state index is 11.7. The standard InChI is InChI=1S/C9H9FO2/c10-6-5-9(12)7-1-3-8(11)4-2-7/h1-4,11H,5-6H2. The number of ketones is 1. The number of halogens is 1. The molecule has 12 heavy (non-hydrogen) atoms. The third-order valence-electron chi connectivity index (χ3n) is 1.51. The predicted octanol–water partition coefficient (Wildman–Crippen LogP) is 1.93. The lowest BCUT2D eigenvalue weighted by Crippen LogP contribution is -1.98. The van der Waals surface area contributed by atoms with E-state index in [1.54, 1.807) is 0 Å². The minimum absolute atomic E-state index is 0.0925. The maximum Gasteiger partial charge on any atom is 0.165 e. The lowest BCUT2D eigenvalue weighted by molar-refractivity contribution is 0.0974. The van der Waals surface area contributed by atoms with E-state index in [4.69, 9.17) is 5.11 Å². The number of phenolic OH excluding ortho intramolecular Hbond substituents is 1. The van der Waals surface area contributed by atoms with Crippen molar-refractivity contribution in [2.75, 3.05) is 6.67 Å². The average molecular weight is 168 g/mol. The van der Waals surface area contributed by atoms with Gasteiger partial charge in [-0.15, -0.1) is 0 Å². The summed E-state index contributed by atoms with van der Waals surface area (Å²) in [6.07, 6.45) is -0.0925. The summed E-state index contributed by atoms with van der Waals surface area (Å²) in [5.41, 5.74) is 0.436. The van der Waals surface area contributed by atoms with Gasteiger partial charge >= 0.3 is 0 Å². The summed E-state index contributed by atoms with van der Waals surface area (Å²) in [5.74, 6) is -0.135. The molecule has 0 aliphatic heterocycles. The highest BCUT2D eigenvalue weighted by Crippen LogP contribution is 2.11. The molecular formula is C9H9FO2. The van der Waals surface area contributed by atoms with Crippen molar-refractivity contribution >= 4 is 5.78 Å². The van der Waals surface area contributed by atoms with E-state index in [-0.39, 0.29) is 18.0 Å². The van der Waals surface area contributed by atoms with Crippen LogP contribution < -0.4 is 0 Å². The molecular weight excluding hydrogens is 159 g/mol. The summed E-state index contributed by atoms with van der Waals surface area (Å²) in [4.78, 5) is 11.0. The van der Waals surface area contributed by atoms with Crippen molar-refractivity contribution in [2.45, 2.75) is 6.42 Å². The van der Waals surface area contributed by atoms with E-state index in [0.29, 0.717) is 5.56 Å². The summed E-state index contributed by atoms with van der Waals surface area (Å²) >= 11 is 0. The highest BCUT2D eigenvalue weighted by Gasteiger charge is 2.03. The molecule has 0 aromatic heterocycles. The van der Waals surface area contributed by atoms with Crippen LogP contribution >= 0.6 is 0 Å².